The summed E-state index contributed by atoms with van der Waals surface area (Å²) in [6.07, 6.45) is 0. The minimum absolute atomic E-state index is 0.0910. The quantitative estimate of drug-likeness (QED) is 0.895. The van der Waals surface area contributed by atoms with Gasteiger partial charge in [0.2, 0.25) is 0 Å². The van der Waals surface area contributed by atoms with Gasteiger partial charge in [-0.2, -0.15) is 5.26 Å². The van der Waals surface area contributed by atoms with Gasteiger partial charge in [0.05, 0.1) is 5.02 Å². The van der Waals surface area contributed by atoms with Crippen molar-refractivity contribution in [3.63, 3.8) is 0 Å². The highest BCUT2D eigenvalue weighted by atomic mass is 79.9. The normalized spacial score (nSPS) is 11.7. The molecule has 0 fully saturated rings. The van der Waals surface area contributed by atoms with E-state index in [-0.39, 0.29) is 11.7 Å². The van der Waals surface area contributed by atoms with Crippen LogP contribution >= 0.6 is 27.5 Å². The Kier molecular flexibility index (Phi) is 4.41. The van der Waals surface area contributed by atoms with E-state index in [0.29, 0.717) is 10.8 Å². The standard InChI is InChI=1S/C14H11BrClN3/c1-9(10-2-4-11(15)5-3-10)18-14-7-6-12(16)13(8-17)19-14/h2-7,9H,1H3,(H,18,19). The fourth-order valence-electron chi connectivity index (χ4n) is 1.66. The van der Waals surface area contributed by atoms with Gasteiger partial charge in [0.1, 0.15) is 11.9 Å². The molecule has 1 aromatic carbocycles. The van der Waals surface area contributed by atoms with Crippen LogP contribution in [0.25, 0.3) is 0 Å². The van der Waals surface area contributed by atoms with Crippen LogP contribution in [0.1, 0.15) is 24.2 Å². The van der Waals surface area contributed by atoms with Crippen molar-refractivity contribution >= 4 is 33.3 Å². The maximum atomic E-state index is 8.89. The number of pyridine rings is 1. The van der Waals surface area contributed by atoms with Crippen LogP contribution in [-0.2, 0) is 0 Å². The third kappa shape index (κ3) is 3.46. The molecule has 0 saturated carbocycles. The number of hydrogen-bond donors (Lipinski definition) is 1. The molecule has 1 atom stereocenters. The number of halogens is 2. The van der Waals surface area contributed by atoms with Crippen molar-refractivity contribution in [2.24, 2.45) is 0 Å². The van der Waals surface area contributed by atoms with Crippen LogP contribution in [0.5, 0.6) is 0 Å². The first-order chi connectivity index (χ1) is 9.10. The molecule has 1 unspecified atom stereocenters. The molecule has 5 heteroatoms. The van der Waals surface area contributed by atoms with Crippen LogP contribution in [0.2, 0.25) is 5.02 Å². The van der Waals surface area contributed by atoms with E-state index in [2.05, 4.69) is 26.2 Å². The zero-order valence-electron chi connectivity index (χ0n) is 10.2. The maximum absolute atomic E-state index is 8.89. The van der Waals surface area contributed by atoms with Gasteiger partial charge < -0.3 is 5.32 Å². The monoisotopic (exact) mass is 335 g/mol. The molecule has 0 aliphatic carbocycles. The lowest BCUT2D eigenvalue weighted by Gasteiger charge is -2.15. The highest BCUT2D eigenvalue weighted by Crippen LogP contribution is 2.22. The van der Waals surface area contributed by atoms with E-state index >= 15 is 0 Å². The Labute approximate surface area is 125 Å². The highest BCUT2D eigenvalue weighted by Gasteiger charge is 2.08. The van der Waals surface area contributed by atoms with Gasteiger partial charge in [0.15, 0.2) is 5.69 Å². The summed E-state index contributed by atoms with van der Waals surface area (Å²) in [5, 5.41) is 12.5. The molecule has 0 spiro atoms. The molecular weight excluding hydrogens is 326 g/mol. The second-order valence-electron chi connectivity index (χ2n) is 4.06. The molecule has 0 bridgehead atoms. The molecule has 2 aromatic rings. The maximum Gasteiger partial charge on any atom is 0.161 e. The fraction of sp³-hybridized carbons (Fsp3) is 0.143. The molecule has 3 nitrogen and oxygen atoms in total. The average Bonchev–Trinajstić information content (AvgIpc) is 2.41. The topological polar surface area (TPSA) is 48.7 Å². The molecule has 0 amide bonds. The first kappa shape index (κ1) is 13.9. The van der Waals surface area contributed by atoms with Crippen molar-refractivity contribution in [2.45, 2.75) is 13.0 Å². The lowest BCUT2D eigenvalue weighted by atomic mass is 10.1. The number of aromatic nitrogens is 1. The molecule has 1 aromatic heterocycles. The van der Waals surface area contributed by atoms with Crippen LogP contribution in [0, 0.1) is 11.3 Å². The summed E-state index contributed by atoms with van der Waals surface area (Å²) in [7, 11) is 0. The minimum atomic E-state index is 0.0910. The van der Waals surface area contributed by atoms with E-state index in [1.165, 1.54) is 0 Å². The van der Waals surface area contributed by atoms with E-state index in [0.717, 1.165) is 10.0 Å². The Bertz CT molecular complexity index is 620. The third-order valence-electron chi connectivity index (χ3n) is 2.69. The number of nitrogens with zero attached hydrogens (tertiary/aromatic N) is 2. The molecular formula is C14H11BrClN3. The summed E-state index contributed by atoms with van der Waals surface area (Å²) in [5.41, 5.74) is 1.37. The average molecular weight is 337 g/mol. The van der Waals surface area contributed by atoms with Crippen LogP contribution in [-0.4, -0.2) is 4.98 Å². The third-order valence-corrected chi connectivity index (χ3v) is 3.52. The van der Waals surface area contributed by atoms with E-state index < -0.39 is 0 Å². The van der Waals surface area contributed by atoms with Gasteiger partial charge in [-0.1, -0.05) is 39.7 Å². The van der Waals surface area contributed by atoms with Gasteiger partial charge in [-0.05, 0) is 36.8 Å². The number of anilines is 1. The predicted octanol–water partition coefficient (Wildman–Crippen LogP) is 4.54. The van der Waals surface area contributed by atoms with E-state index in [1.54, 1.807) is 12.1 Å². The fourth-order valence-corrected chi connectivity index (χ4v) is 2.07. The number of benzene rings is 1. The van der Waals surface area contributed by atoms with Crippen molar-refractivity contribution in [3.8, 4) is 6.07 Å². The van der Waals surface area contributed by atoms with Crippen LogP contribution in [0.15, 0.2) is 40.9 Å². The Morgan fingerprint density at radius 1 is 1.26 bits per heavy atom. The van der Waals surface area contributed by atoms with Gasteiger partial charge in [0.25, 0.3) is 0 Å². The van der Waals surface area contributed by atoms with Gasteiger partial charge in [0, 0.05) is 10.5 Å². The number of hydrogen-bond acceptors (Lipinski definition) is 3. The van der Waals surface area contributed by atoms with E-state index in [9.17, 15) is 0 Å². The predicted molar refractivity (Wildman–Crippen MR) is 80.1 cm³/mol. The van der Waals surface area contributed by atoms with Gasteiger partial charge >= 0.3 is 0 Å². The van der Waals surface area contributed by atoms with Crippen molar-refractivity contribution in [2.75, 3.05) is 5.32 Å². The van der Waals surface area contributed by atoms with Crippen molar-refractivity contribution in [1.82, 2.24) is 4.98 Å². The lowest BCUT2D eigenvalue weighted by Crippen LogP contribution is -2.08. The van der Waals surface area contributed by atoms with Crippen LogP contribution in [0.4, 0.5) is 5.82 Å². The first-order valence-electron chi connectivity index (χ1n) is 5.69. The molecule has 2 rings (SSSR count). The SMILES string of the molecule is CC(Nc1ccc(Cl)c(C#N)n1)c1ccc(Br)cc1. The Morgan fingerprint density at radius 2 is 1.95 bits per heavy atom. The zero-order chi connectivity index (χ0) is 13.8. The van der Waals surface area contributed by atoms with Crippen molar-refractivity contribution < 1.29 is 0 Å². The van der Waals surface area contributed by atoms with E-state index in [1.807, 2.05) is 37.3 Å². The van der Waals surface area contributed by atoms with Crippen molar-refractivity contribution in [1.29, 1.82) is 5.26 Å². The molecule has 1 N–H and O–H groups in total. The van der Waals surface area contributed by atoms with E-state index in [4.69, 9.17) is 16.9 Å². The summed E-state index contributed by atoms with van der Waals surface area (Å²) in [4.78, 5) is 4.16. The van der Waals surface area contributed by atoms with Crippen LogP contribution < -0.4 is 5.32 Å². The second-order valence-corrected chi connectivity index (χ2v) is 5.38. The molecule has 0 saturated heterocycles. The molecule has 19 heavy (non-hydrogen) atoms. The lowest BCUT2D eigenvalue weighted by molar-refractivity contribution is 0.873. The molecule has 96 valence electrons. The Balaban J connectivity index is 2.17. The van der Waals surface area contributed by atoms with Crippen LogP contribution in [0.3, 0.4) is 0 Å². The van der Waals surface area contributed by atoms with Gasteiger partial charge in [-0.25, -0.2) is 4.98 Å². The number of nitrogens with one attached hydrogen (secondary N) is 1. The summed E-state index contributed by atoms with van der Waals surface area (Å²) < 4.78 is 1.04. The minimum Gasteiger partial charge on any atom is -0.364 e. The number of nitriles is 1. The largest absolute Gasteiger partial charge is 0.364 e. The highest BCUT2D eigenvalue weighted by molar-refractivity contribution is 9.10. The van der Waals surface area contributed by atoms with Crippen molar-refractivity contribution in [3.05, 3.63) is 57.2 Å². The smallest absolute Gasteiger partial charge is 0.161 e. The summed E-state index contributed by atoms with van der Waals surface area (Å²) >= 11 is 9.25. The summed E-state index contributed by atoms with van der Waals surface area (Å²) in [6, 6.07) is 13.5. The first-order valence-corrected chi connectivity index (χ1v) is 6.86. The molecule has 0 aliphatic rings. The Morgan fingerprint density at radius 3 is 2.58 bits per heavy atom. The molecule has 0 radical (unpaired) electrons. The zero-order valence-corrected chi connectivity index (χ0v) is 12.5. The number of rotatable bonds is 3. The summed E-state index contributed by atoms with van der Waals surface area (Å²) in [6.45, 7) is 2.03. The van der Waals surface area contributed by atoms with Gasteiger partial charge in [-0.3, -0.25) is 0 Å². The van der Waals surface area contributed by atoms with Gasteiger partial charge in [-0.15, -0.1) is 0 Å². The molecule has 0 aliphatic heterocycles. The molecule has 1 heterocycles. The second kappa shape index (κ2) is 6.05. The Hall–Kier alpha value is -1.57. The summed E-state index contributed by atoms with van der Waals surface area (Å²) in [5.74, 6) is 0.636.